The molecule has 3 aromatic rings. The number of anilines is 1. The Morgan fingerprint density at radius 1 is 1.08 bits per heavy atom. The van der Waals surface area contributed by atoms with Crippen LogP contribution in [0.5, 0.6) is 5.75 Å². The Morgan fingerprint density at radius 2 is 1.89 bits per heavy atom. The van der Waals surface area contributed by atoms with Crippen molar-refractivity contribution in [2.75, 3.05) is 38.3 Å². The lowest BCUT2D eigenvalue weighted by Crippen LogP contribution is -2.27. The minimum absolute atomic E-state index is 0.127. The molecule has 0 saturated carbocycles. The van der Waals surface area contributed by atoms with Crippen LogP contribution in [0.4, 0.5) is 5.69 Å². The largest absolute Gasteiger partial charge is 0.491 e. The van der Waals surface area contributed by atoms with Gasteiger partial charge in [-0.15, -0.1) is 0 Å². The van der Waals surface area contributed by atoms with Gasteiger partial charge in [-0.3, -0.25) is 4.79 Å². The summed E-state index contributed by atoms with van der Waals surface area (Å²) in [6.45, 7) is 7.03. The number of fused-ring (bicyclic) bond motifs is 1. The third kappa shape index (κ3) is 5.75. The van der Waals surface area contributed by atoms with Crippen LogP contribution in [0, 0.1) is 12.8 Å². The number of ether oxygens (including phenoxy) is 3. The van der Waals surface area contributed by atoms with Gasteiger partial charge in [-0.2, -0.15) is 0 Å². The first kappa shape index (κ1) is 24.8. The molecule has 0 radical (unpaired) electrons. The zero-order chi connectivity index (χ0) is 24.9. The number of rotatable bonds is 9. The molecule has 0 spiro atoms. The third-order valence-corrected chi connectivity index (χ3v) is 7.50. The van der Waals surface area contributed by atoms with Crippen LogP contribution in [0.25, 0.3) is 10.9 Å². The van der Waals surface area contributed by atoms with Gasteiger partial charge in [-0.1, -0.05) is 0 Å². The van der Waals surface area contributed by atoms with Gasteiger partial charge in [0.25, 0.3) is 5.91 Å². The second-order valence-corrected chi connectivity index (χ2v) is 9.98. The fourth-order valence-corrected chi connectivity index (χ4v) is 5.13. The van der Waals surface area contributed by atoms with Crippen LogP contribution in [0.1, 0.15) is 47.3 Å². The van der Waals surface area contributed by atoms with Crippen molar-refractivity contribution in [3.63, 3.8) is 0 Å². The molecule has 1 aromatic heterocycles. The summed E-state index contributed by atoms with van der Waals surface area (Å²) >= 11 is 0. The highest BCUT2D eigenvalue weighted by atomic mass is 16.5. The van der Waals surface area contributed by atoms with Gasteiger partial charge >= 0.3 is 0 Å². The first-order valence-electron chi connectivity index (χ1n) is 13.1. The molecule has 1 amide bonds. The van der Waals surface area contributed by atoms with Crippen molar-refractivity contribution in [3.05, 3.63) is 59.3 Å². The average Bonchev–Trinajstić information content (AvgIpc) is 3.54. The van der Waals surface area contributed by atoms with Gasteiger partial charge in [0.1, 0.15) is 12.4 Å². The smallest absolute Gasteiger partial charge is 0.255 e. The molecule has 1 unspecified atom stereocenters. The van der Waals surface area contributed by atoms with Gasteiger partial charge in [-0.25, -0.2) is 0 Å². The Morgan fingerprint density at radius 3 is 2.64 bits per heavy atom. The van der Waals surface area contributed by atoms with Crippen LogP contribution in [0.15, 0.2) is 42.5 Å². The monoisotopic (exact) mass is 491 g/mol. The van der Waals surface area contributed by atoms with Crippen LogP contribution in [0.3, 0.4) is 0 Å². The van der Waals surface area contributed by atoms with Gasteiger partial charge in [0.15, 0.2) is 0 Å². The van der Waals surface area contributed by atoms with E-state index in [0.717, 1.165) is 81.0 Å². The Kier molecular flexibility index (Phi) is 7.90. The summed E-state index contributed by atoms with van der Waals surface area (Å²) in [6.07, 6.45) is 4.58. The van der Waals surface area contributed by atoms with E-state index in [1.165, 1.54) is 11.2 Å². The molecule has 2 fully saturated rings. The summed E-state index contributed by atoms with van der Waals surface area (Å²) in [6, 6.07) is 13.6. The Balaban J connectivity index is 1.20. The number of aryl methyl sites for hydroxylation is 2. The summed E-state index contributed by atoms with van der Waals surface area (Å²) in [5, 5.41) is 7.88. The van der Waals surface area contributed by atoms with Crippen molar-refractivity contribution in [2.45, 2.75) is 45.3 Å². The zero-order valence-corrected chi connectivity index (χ0v) is 21.3. The lowest BCUT2D eigenvalue weighted by molar-refractivity contribution is 0.0662. The topological polar surface area (TPSA) is 73.8 Å². The van der Waals surface area contributed by atoms with Gasteiger partial charge in [0, 0.05) is 61.3 Å². The molecule has 3 heterocycles. The summed E-state index contributed by atoms with van der Waals surface area (Å²) < 4.78 is 19.1. The molecule has 7 nitrogen and oxygen atoms in total. The highest BCUT2D eigenvalue weighted by Crippen LogP contribution is 2.29. The van der Waals surface area contributed by atoms with Crippen molar-refractivity contribution in [3.8, 4) is 5.75 Å². The second-order valence-electron chi connectivity index (χ2n) is 9.98. The van der Waals surface area contributed by atoms with Crippen LogP contribution in [0.2, 0.25) is 0 Å². The molecule has 36 heavy (non-hydrogen) atoms. The number of amides is 1. The molecule has 0 bridgehead atoms. The van der Waals surface area contributed by atoms with E-state index in [0.29, 0.717) is 18.1 Å². The Bertz CT molecular complexity index is 1180. The number of nitrogens with zero attached hydrogens (tertiary/aromatic N) is 1. The first-order chi connectivity index (χ1) is 17.6. The maximum Gasteiger partial charge on any atom is 0.255 e. The van der Waals surface area contributed by atoms with E-state index in [4.69, 9.17) is 14.2 Å². The van der Waals surface area contributed by atoms with Crippen molar-refractivity contribution in [1.82, 2.24) is 9.88 Å². The van der Waals surface area contributed by atoms with Crippen LogP contribution >= 0.6 is 0 Å². The van der Waals surface area contributed by atoms with Gasteiger partial charge in [-0.05, 0) is 93.1 Å². The predicted octanol–water partition coefficient (Wildman–Crippen LogP) is 4.81. The number of carbonyl (C=O) groups is 1. The van der Waals surface area contributed by atoms with E-state index in [9.17, 15) is 4.79 Å². The SMILES string of the molecule is Cc1c(NC(=O)c2ccc(OCC3CCCO3)cc2)ccc2c1cc(CNCC1CCOCC1)n2C. The molecule has 192 valence electrons. The number of carbonyl (C=O) groups excluding carboxylic acids is 1. The fourth-order valence-electron chi connectivity index (χ4n) is 5.13. The molecular formula is C29H37N3O4. The second kappa shape index (κ2) is 11.5. The van der Waals surface area contributed by atoms with Gasteiger partial charge in [0.05, 0.1) is 6.10 Å². The number of hydrogen-bond acceptors (Lipinski definition) is 5. The number of benzene rings is 2. The van der Waals surface area contributed by atoms with Crippen molar-refractivity contribution < 1.29 is 19.0 Å². The summed E-state index contributed by atoms with van der Waals surface area (Å²) in [5.41, 5.74) is 4.91. The molecule has 2 saturated heterocycles. The van der Waals surface area contributed by atoms with Crippen molar-refractivity contribution in [2.24, 2.45) is 13.0 Å². The molecular weight excluding hydrogens is 454 g/mol. The summed E-state index contributed by atoms with van der Waals surface area (Å²) in [5.74, 6) is 1.32. The molecule has 2 aromatic carbocycles. The molecule has 0 aliphatic carbocycles. The van der Waals surface area contributed by atoms with E-state index >= 15 is 0 Å². The van der Waals surface area contributed by atoms with E-state index in [1.54, 1.807) is 12.1 Å². The minimum atomic E-state index is -0.127. The first-order valence-corrected chi connectivity index (χ1v) is 13.1. The minimum Gasteiger partial charge on any atom is -0.491 e. The third-order valence-electron chi connectivity index (χ3n) is 7.50. The molecule has 1 atom stereocenters. The van der Waals surface area contributed by atoms with Crippen LogP contribution in [-0.4, -0.2) is 49.6 Å². The van der Waals surface area contributed by atoms with E-state index < -0.39 is 0 Å². The predicted molar refractivity (Wildman–Crippen MR) is 142 cm³/mol. The Labute approximate surface area is 213 Å². The Hall–Kier alpha value is -2.87. The highest BCUT2D eigenvalue weighted by Gasteiger charge is 2.17. The number of nitrogens with one attached hydrogen (secondary N) is 2. The number of aromatic nitrogens is 1. The lowest BCUT2D eigenvalue weighted by atomic mass is 10.0. The fraction of sp³-hybridized carbons (Fsp3) is 0.483. The van der Waals surface area contributed by atoms with Crippen LogP contribution < -0.4 is 15.4 Å². The van der Waals surface area contributed by atoms with Crippen molar-refractivity contribution >= 4 is 22.5 Å². The van der Waals surface area contributed by atoms with E-state index in [2.05, 4.69) is 41.3 Å². The van der Waals surface area contributed by atoms with Crippen molar-refractivity contribution in [1.29, 1.82) is 0 Å². The lowest BCUT2D eigenvalue weighted by Gasteiger charge is -2.22. The van der Waals surface area contributed by atoms with Gasteiger partial charge < -0.3 is 29.4 Å². The van der Waals surface area contributed by atoms with Crippen LogP contribution in [-0.2, 0) is 23.1 Å². The van der Waals surface area contributed by atoms with E-state index in [1.807, 2.05) is 18.2 Å². The number of hydrogen-bond donors (Lipinski definition) is 2. The summed E-state index contributed by atoms with van der Waals surface area (Å²) in [7, 11) is 2.11. The summed E-state index contributed by atoms with van der Waals surface area (Å²) in [4.78, 5) is 12.9. The van der Waals surface area contributed by atoms with Gasteiger partial charge in [0.2, 0.25) is 0 Å². The maximum absolute atomic E-state index is 12.9. The quantitative estimate of drug-likeness (QED) is 0.449. The molecule has 2 aliphatic heterocycles. The molecule has 2 aliphatic rings. The van der Waals surface area contributed by atoms with E-state index in [-0.39, 0.29) is 12.0 Å². The normalized spacial score (nSPS) is 18.6. The molecule has 2 N–H and O–H groups in total. The standard InChI is InChI=1S/C29H37N3O4/c1-20-26-16-23(18-30-17-21-11-14-34-15-12-21)32(2)28(26)10-9-27(20)31-29(33)22-5-7-24(8-6-22)36-19-25-4-3-13-35-25/h5-10,16,21,25,30H,3-4,11-15,17-19H2,1-2H3,(H,31,33). The molecule has 7 heteroatoms. The average molecular weight is 492 g/mol. The zero-order valence-electron chi connectivity index (χ0n) is 21.3. The maximum atomic E-state index is 12.9. The molecule has 5 rings (SSSR count). The highest BCUT2D eigenvalue weighted by molar-refractivity contribution is 6.06.